The lowest BCUT2D eigenvalue weighted by molar-refractivity contribution is 0.0542. The van der Waals surface area contributed by atoms with Crippen molar-refractivity contribution in [1.29, 1.82) is 0 Å². The topological polar surface area (TPSA) is 48.5 Å². The molecule has 1 N–H and O–H groups in total. The number of nitrogens with one attached hydrogen (secondary N) is 1. The molecule has 0 radical (unpaired) electrons. The third-order valence-corrected chi connectivity index (χ3v) is 3.95. The second-order valence-corrected chi connectivity index (χ2v) is 5.25. The monoisotopic (exact) mass is 276 g/mol. The average molecular weight is 276 g/mol. The summed E-state index contributed by atoms with van der Waals surface area (Å²) in [6, 6.07) is 2.32. The van der Waals surface area contributed by atoms with Crippen LogP contribution in [0.15, 0.2) is 18.5 Å². The van der Waals surface area contributed by atoms with Gasteiger partial charge in [0.25, 0.3) is 5.91 Å². The number of likely N-dealkylation sites (N-methyl/N-ethyl adjacent to an activating group) is 1. The second-order valence-electron chi connectivity index (χ2n) is 5.25. The molecular weight excluding hydrogens is 252 g/mol. The first-order valence-corrected chi connectivity index (χ1v) is 7.34. The average Bonchev–Trinajstić information content (AvgIpc) is 2.48. The highest BCUT2D eigenvalue weighted by atomic mass is 16.2. The summed E-state index contributed by atoms with van der Waals surface area (Å²) in [5.74, 6) is 0.0839. The van der Waals surface area contributed by atoms with Crippen molar-refractivity contribution in [2.75, 3.05) is 38.5 Å². The number of carbonyl (C=O) groups is 1. The Morgan fingerprint density at radius 2 is 2.25 bits per heavy atom. The van der Waals surface area contributed by atoms with E-state index in [9.17, 15) is 4.79 Å². The molecule has 5 heteroatoms. The van der Waals surface area contributed by atoms with E-state index >= 15 is 0 Å². The number of hydrogen-bond acceptors (Lipinski definition) is 4. The van der Waals surface area contributed by atoms with Gasteiger partial charge in [0.05, 0.1) is 11.3 Å². The van der Waals surface area contributed by atoms with Gasteiger partial charge in [-0.2, -0.15) is 0 Å². The summed E-state index contributed by atoms with van der Waals surface area (Å²) < 4.78 is 0. The molecule has 5 nitrogen and oxygen atoms in total. The van der Waals surface area contributed by atoms with Gasteiger partial charge in [0.1, 0.15) is 0 Å². The van der Waals surface area contributed by atoms with Crippen LogP contribution in [0.3, 0.4) is 0 Å². The minimum atomic E-state index is 0.0839. The maximum atomic E-state index is 12.7. The molecule has 20 heavy (non-hydrogen) atoms. The van der Waals surface area contributed by atoms with E-state index in [0.717, 1.165) is 38.3 Å². The van der Waals surface area contributed by atoms with E-state index < -0.39 is 0 Å². The molecule has 110 valence electrons. The molecule has 0 saturated carbocycles. The predicted octanol–water partition coefficient (Wildman–Crippen LogP) is 1.68. The molecule has 1 saturated heterocycles. The van der Waals surface area contributed by atoms with Gasteiger partial charge >= 0.3 is 0 Å². The highest BCUT2D eigenvalue weighted by Crippen LogP contribution is 2.19. The van der Waals surface area contributed by atoms with E-state index in [1.54, 1.807) is 12.4 Å². The lowest BCUT2D eigenvalue weighted by Crippen LogP contribution is -2.53. The Kier molecular flexibility index (Phi) is 4.95. The third-order valence-electron chi connectivity index (χ3n) is 3.95. The number of aromatic nitrogens is 1. The quantitative estimate of drug-likeness (QED) is 0.909. The van der Waals surface area contributed by atoms with Gasteiger partial charge in [-0.15, -0.1) is 0 Å². The molecule has 0 bridgehead atoms. The zero-order chi connectivity index (χ0) is 14.5. The molecule has 1 amide bonds. The first kappa shape index (κ1) is 14.8. The molecule has 1 unspecified atom stereocenters. The van der Waals surface area contributed by atoms with E-state index in [4.69, 9.17) is 0 Å². The van der Waals surface area contributed by atoms with Crippen molar-refractivity contribution in [2.45, 2.75) is 26.3 Å². The van der Waals surface area contributed by atoms with Crippen molar-refractivity contribution < 1.29 is 4.79 Å². The van der Waals surface area contributed by atoms with Gasteiger partial charge in [0.15, 0.2) is 0 Å². The minimum Gasteiger partial charge on any atom is -0.385 e. The molecule has 1 aliphatic heterocycles. The molecule has 1 aromatic heterocycles. The molecule has 0 aliphatic carbocycles. The molecule has 0 spiro atoms. The summed E-state index contributed by atoms with van der Waals surface area (Å²) in [5, 5.41) is 3.23. The van der Waals surface area contributed by atoms with Crippen molar-refractivity contribution in [1.82, 2.24) is 14.8 Å². The van der Waals surface area contributed by atoms with E-state index in [-0.39, 0.29) is 5.91 Å². The van der Waals surface area contributed by atoms with Gasteiger partial charge in [-0.05, 0) is 26.5 Å². The largest absolute Gasteiger partial charge is 0.385 e. The van der Waals surface area contributed by atoms with Crippen LogP contribution in [0.2, 0.25) is 0 Å². The van der Waals surface area contributed by atoms with Crippen LogP contribution in [0.4, 0.5) is 5.69 Å². The number of anilines is 1. The van der Waals surface area contributed by atoms with Crippen LogP contribution in [-0.4, -0.2) is 60.0 Å². The Balaban J connectivity index is 2.15. The van der Waals surface area contributed by atoms with Gasteiger partial charge in [0.2, 0.25) is 0 Å². The first-order valence-electron chi connectivity index (χ1n) is 7.34. The maximum Gasteiger partial charge on any atom is 0.257 e. The molecule has 1 aliphatic rings. The number of piperazine rings is 1. The standard InChI is InChI=1S/C15H24N4O/c1-4-12-11-19(9-8-18(12)3)15(20)13-10-16-7-6-14(13)17-5-2/h6-7,10,12H,4-5,8-9,11H2,1-3H3,(H,16,17). The summed E-state index contributed by atoms with van der Waals surface area (Å²) in [6.07, 6.45) is 4.45. The Labute approximate surface area is 121 Å². The highest BCUT2D eigenvalue weighted by molar-refractivity contribution is 5.99. The van der Waals surface area contributed by atoms with Gasteiger partial charge in [-0.1, -0.05) is 6.92 Å². The SMILES string of the molecule is CCNc1ccncc1C(=O)N1CCN(C)C(CC)C1. The first-order chi connectivity index (χ1) is 9.67. The zero-order valence-corrected chi connectivity index (χ0v) is 12.6. The van der Waals surface area contributed by atoms with Crippen molar-refractivity contribution >= 4 is 11.6 Å². The minimum absolute atomic E-state index is 0.0839. The van der Waals surface area contributed by atoms with Gasteiger partial charge < -0.3 is 10.2 Å². The third kappa shape index (κ3) is 3.10. The van der Waals surface area contributed by atoms with Crippen LogP contribution in [-0.2, 0) is 0 Å². The van der Waals surface area contributed by atoms with Crippen molar-refractivity contribution in [3.63, 3.8) is 0 Å². The Morgan fingerprint density at radius 1 is 1.45 bits per heavy atom. The summed E-state index contributed by atoms with van der Waals surface area (Å²) >= 11 is 0. The smallest absolute Gasteiger partial charge is 0.257 e. The molecular formula is C15H24N4O. The Morgan fingerprint density at radius 3 is 2.95 bits per heavy atom. The van der Waals surface area contributed by atoms with E-state index in [2.05, 4.69) is 29.2 Å². The van der Waals surface area contributed by atoms with Crippen LogP contribution >= 0.6 is 0 Å². The van der Waals surface area contributed by atoms with E-state index in [1.165, 1.54) is 0 Å². The van der Waals surface area contributed by atoms with Gasteiger partial charge in [0, 0.05) is 44.6 Å². The molecule has 1 aromatic rings. The van der Waals surface area contributed by atoms with Crippen LogP contribution in [0.1, 0.15) is 30.6 Å². The van der Waals surface area contributed by atoms with Crippen molar-refractivity contribution in [3.8, 4) is 0 Å². The molecule has 2 heterocycles. The Bertz CT molecular complexity index is 463. The van der Waals surface area contributed by atoms with Crippen LogP contribution in [0.25, 0.3) is 0 Å². The van der Waals surface area contributed by atoms with Gasteiger partial charge in [-0.3, -0.25) is 14.7 Å². The summed E-state index contributed by atoms with van der Waals surface area (Å²) in [5.41, 5.74) is 1.55. The molecule has 1 atom stereocenters. The number of carbonyl (C=O) groups excluding carboxylic acids is 1. The molecule has 0 aromatic carbocycles. The number of rotatable bonds is 4. The Hall–Kier alpha value is -1.62. The van der Waals surface area contributed by atoms with Gasteiger partial charge in [-0.25, -0.2) is 0 Å². The normalized spacial score (nSPS) is 19.9. The molecule has 2 rings (SSSR count). The number of hydrogen-bond donors (Lipinski definition) is 1. The summed E-state index contributed by atoms with van der Waals surface area (Å²) in [6.45, 7) is 7.51. The number of amides is 1. The summed E-state index contributed by atoms with van der Waals surface area (Å²) in [7, 11) is 2.13. The lowest BCUT2D eigenvalue weighted by atomic mass is 10.1. The second kappa shape index (κ2) is 6.70. The fourth-order valence-electron chi connectivity index (χ4n) is 2.65. The fraction of sp³-hybridized carbons (Fsp3) is 0.600. The predicted molar refractivity (Wildman–Crippen MR) is 81.0 cm³/mol. The van der Waals surface area contributed by atoms with Crippen molar-refractivity contribution in [3.05, 3.63) is 24.0 Å². The van der Waals surface area contributed by atoms with Crippen LogP contribution in [0, 0.1) is 0 Å². The zero-order valence-electron chi connectivity index (χ0n) is 12.6. The lowest BCUT2D eigenvalue weighted by Gasteiger charge is -2.39. The molecule has 1 fully saturated rings. The van der Waals surface area contributed by atoms with Crippen LogP contribution in [0.5, 0.6) is 0 Å². The highest BCUT2D eigenvalue weighted by Gasteiger charge is 2.27. The number of nitrogens with zero attached hydrogens (tertiary/aromatic N) is 3. The summed E-state index contributed by atoms with van der Waals surface area (Å²) in [4.78, 5) is 21.1. The van der Waals surface area contributed by atoms with E-state index in [0.29, 0.717) is 11.6 Å². The number of pyridine rings is 1. The van der Waals surface area contributed by atoms with Crippen molar-refractivity contribution in [2.24, 2.45) is 0 Å². The maximum absolute atomic E-state index is 12.7. The fourth-order valence-corrected chi connectivity index (χ4v) is 2.65. The van der Waals surface area contributed by atoms with Crippen LogP contribution < -0.4 is 5.32 Å². The van der Waals surface area contributed by atoms with E-state index in [1.807, 2.05) is 17.9 Å².